The first-order chi connectivity index (χ1) is 8.01. The Balaban J connectivity index is 0.000000366. The van der Waals surface area contributed by atoms with E-state index in [1.165, 1.54) is 0 Å². The second kappa shape index (κ2) is 8.32. The van der Waals surface area contributed by atoms with Crippen LogP contribution in [0.4, 0.5) is 0 Å². The van der Waals surface area contributed by atoms with Crippen LogP contribution in [-0.4, -0.2) is 35.0 Å². The molecule has 0 spiro atoms. The normalized spacial score (nSPS) is 9.24. The van der Waals surface area contributed by atoms with Crippen molar-refractivity contribution in [1.29, 1.82) is 0 Å². The van der Waals surface area contributed by atoms with E-state index < -0.39 is 5.97 Å². The minimum atomic E-state index is -0.402. The molecule has 1 heterocycles. The third-order valence-electron chi connectivity index (χ3n) is 1.57. The summed E-state index contributed by atoms with van der Waals surface area (Å²) in [5.41, 5.74) is 0.855. The molecule has 0 aliphatic rings. The van der Waals surface area contributed by atoms with Crippen molar-refractivity contribution in [1.82, 2.24) is 15.3 Å². The molecule has 1 aromatic rings. The number of aromatic nitrogens is 2. The molecule has 6 heteroatoms. The van der Waals surface area contributed by atoms with Gasteiger partial charge in [0, 0.05) is 17.9 Å². The molecule has 1 rings (SSSR count). The molecule has 0 aliphatic heterocycles. The van der Waals surface area contributed by atoms with Gasteiger partial charge >= 0.3 is 5.97 Å². The fourth-order valence-electron chi connectivity index (χ4n) is 0.852. The van der Waals surface area contributed by atoms with Crippen LogP contribution in [0.5, 0.6) is 0 Å². The average molecular weight is 241 g/mol. The van der Waals surface area contributed by atoms with Gasteiger partial charge in [-0.15, -0.1) is 0 Å². The van der Waals surface area contributed by atoms with Crippen LogP contribution >= 0.6 is 0 Å². The number of hydrogen-bond donors (Lipinski definition) is 2. The monoisotopic (exact) mass is 241 g/mol. The average Bonchev–Trinajstić information content (AvgIpc) is 2.66. The first kappa shape index (κ1) is 15.2. The smallest absolute Gasteiger partial charge is 0.374 e. The summed E-state index contributed by atoms with van der Waals surface area (Å²) in [5.74, 6) is -0.134. The molecule has 0 bridgehead atoms. The summed E-state index contributed by atoms with van der Waals surface area (Å²) < 4.78 is 4.71. The molecule has 96 valence electrons. The lowest BCUT2D eigenvalue weighted by Crippen LogP contribution is -2.19. The van der Waals surface area contributed by atoms with Crippen LogP contribution in [0.2, 0.25) is 0 Å². The van der Waals surface area contributed by atoms with Crippen molar-refractivity contribution in [2.45, 2.75) is 33.7 Å². The lowest BCUT2D eigenvalue weighted by atomic mass is 10.4. The second-order valence-corrected chi connectivity index (χ2v) is 3.57. The second-order valence-electron chi connectivity index (χ2n) is 3.57. The van der Waals surface area contributed by atoms with E-state index in [1.54, 1.807) is 13.1 Å². The summed E-state index contributed by atoms with van der Waals surface area (Å²) in [5, 5.41) is 2.53. The standard InChI is InChI=1S/C7H10N2O2.C4H9NO/c1-3-11-7(10)6-8-4-5(2)9-6;1-4(2)5-3-6/h4H,3H2,1-2H3,(H,8,9);3-4H,1-2H3,(H,5,6). The molecular weight excluding hydrogens is 222 g/mol. The number of carbonyl (C=O) groups is 2. The molecule has 1 amide bonds. The highest BCUT2D eigenvalue weighted by molar-refractivity contribution is 5.85. The topological polar surface area (TPSA) is 84.1 Å². The highest BCUT2D eigenvalue weighted by Gasteiger charge is 2.08. The lowest BCUT2D eigenvalue weighted by molar-refractivity contribution is -0.109. The number of carbonyl (C=O) groups excluding carboxylic acids is 2. The van der Waals surface area contributed by atoms with Gasteiger partial charge in [0.05, 0.1) is 6.61 Å². The SMILES string of the molecule is CC(C)NC=O.CCOC(=O)c1ncc(C)[nH]1. The zero-order valence-electron chi connectivity index (χ0n) is 10.6. The van der Waals surface area contributed by atoms with Gasteiger partial charge in [0.2, 0.25) is 12.2 Å². The van der Waals surface area contributed by atoms with Crippen molar-refractivity contribution >= 4 is 12.4 Å². The molecule has 17 heavy (non-hydrogen) atoms. The molecular formula is C11H19N3O3. The largest absolute Gasteiger partial charge is 0.460 e. The van der Waals surface area contributed by atoms with Crippen LogP contribution in [0.3, 0.4) is 0 Å². The fourth-order valence-corrected chi connectivity index (χ4v) is 0.852. The van der Waals surface area contributed by atoms with Gasteiger partial charge < -0.3 is 15.0 Å². The summed E-state index contributed by atoms with van der Waals surface area (Å²) in [6.07, 6.45) is 2.29. The van der Waals surface area contributed by atoms with Crippen LogP contribution < -0.4 is 5.32 Å². The van der Waals surface area contributed by atoms with E-state index in [4.69, 9.17) is 4.74 Å². The van der Waals surface area contributed by atoms with Crippen molar-refractivity contribution in [3.8, 4) is 0 Å². The molecule has 0 fully saturated rings. The lowest BCUT2D eigenvalue weighted by Gasteiger charge is -1.96. The number of hydrogen-bond acceptors (Lipinski definition) is 4. The number of nitrogens with one attached hydrogen (secondary N) is 2. The molecule has 0 saturated heterocycles. The number of aryl methyl sites for hydroxylation is 1. The van der Waals surface area contributed by atoms with Crippen molar-refractivity contribution in [3.05, 3.63) is 17.7 Å². The highest BCUT2D eigenvalue weighted by Crippen LogP contribution is 1.96. The number of amides is 1. The molecule has 0 unspecified atom stereocenters. The van der Waals surface area contributed by atoms with E-state index >= 15 is 0 Å². The van der Waals surface area contributed by atoms with Crippen molar-refractivity contribution in [3.63, 3.8) is 0 Å². The van der Waals surface area contributed by atoms with E-state index in [9.17, 15) is 9.59 Å². The molecule has 2 N–H and O–H groups in total. The zero-order valence-corrected chi connectivity index (χ0v) is 10.6. The van der Waals surface area contributed by atoms with Crippen LogP contribution in [0.25, 0.3) is 0 Å². The Kier molecular flexibility index (Phi) is 7.41. The molecule has 1 aromatic heterocycles. The van der Waals surface area contributed by atoms with E-state index in [0.717, 1.165) is 5.69 Å². The van der Waals surface area contributed by atoms with E-state index in [1.807, 2.05) is 20.8 Å². The van der Waals surface area contributed by atoms with Gasteiger partial charge in [-0.05, 0) is 27.7 Å². The number of rotatable bonds is 4. The van der Waals surface area contributed by atoms with Crippen LogP contribution in [-0.2, 0) is 9.53 Å². The third-order valence-corrected chi connectivity index (χ3v) is 1.57. The third kappa shape index (κ3) is 7.10. The van der Waals surface area contributed by atoms with Crippen molar-refractivity contribution in [2.75, 3.05) is 6.61 Å². The number of esters is 1. The summed E-state index contributed by atoms with van der Waals surface area (Å²) in [6, 6.07) is 0.280. The van der Waals surface area contributed by atoms with Gasteiger partial charge in [-0.2, -0.15) is 0 Å². The Hall–Kier alpha value is -1.85. The molecule has 0 aromatic carbocycles. The number of aromatic amines is 1. The summed E-state index contributed by atoms with van der Waals surface area (Å²) in [4.78, 5) is 27.0. The molecule has 0 radical (unpaired) electrons. The summed E-state index contributed by atoms with van der Waals surface area (Å²) >= 11 is 0. The molecule has 0 aliphatic carbocycles. The zero-order chi connectivity index (χ0) is 13.3. The van der Waals surface area contributed by atoms with Gasteiger partial charge in [-0.3, -0.25) is 4.79 Å². The Morgan fingerprint density at radius 2 is 2.29 bits per heavy atom. The maximum Gasteiger partial charge on any atom is 0.374 e. The van der Waals surface area contributed by atoms with Crippen molar-refractivity contribution in [2.24, 2.45) is 0 Å². The predicted octanol–water partition coefficient (Wildman–Crippen LogP) is 1.04. The number of nitrogens with zero attached hydrogens (tertiary/aromatic N) is 1. The number of ether oxygens (including phenoxy) is 1. The predicted molar refractivity (Wildman–Crippen MR) is 63.6 cm³/mol. The van der Waals surface area contributed by atoms with Gasteiger partial charge in [0.1, 0.15) is 0 Å². The highest BCUT2D eigenvalue weighted by atomic mass is 16.5. The van der Waals surface area contributed by atoms with E-state index in [-0.39, 0.29) is 11.9 Å². The Labute approximate surface area is 101 Å². The Bertz CT molecular complexity index is 347. The first-order valence-electron chi connectivity index (χ1n) is 5.39. The summed E-state index contributed by atoms with van der Waals surface area (Å²) in [7, 11) is 0. The Morgan fingerprint density at radius 3 is 2.59 bits per heavy atom. The van der Waals surface area contributed by atoms with Gasteiger partial charge in [0.25, 0.3) is 0 Å². The number of imidazole rings is 1. The fraction of sp³-hybridized carbons (Fsp3) is 0.545. The molecule has 0 atom stereocenters. The minimum Gasteiger partial charge on any atom is -0.460 e. The van der Waals surface area contributed by atoms with Gasteiger partial charge in [-0.25, -0.2) is 9.78 Å². The minimum absolute atomic E-state index is 0.268. The maximum absolute atomic E-state index is 10.9. The van der Waals surface area contributed by atoms with Crippen LogP contribution in [0.15, 0.2) is 6.20 Å². The van der Waals surface area contributed by atoms with E-state index in [2.05, 4.69) is 15.3 Å². The molecule has 0 saturated carbocycles. The Morgan fingerprint density at radius 1 is 1.65 bits per heavy atom. The van der Waals surface area contributed by atoms with E-state index in [0.29, 0.717) is 13.0 Å². The maximum atomic E-state index is 10.9. The summed E-state index contributed by atoms with van der Waals surface area (Å²) in [6.45, 7) is 7.78. The van der Waals surface area contributed by atoms with Gasteiger partial charge in [0.15, 0.2) is 0 Å². The van der Waals surface area contributed by atoms with Crippen LogP contribution in [0.1, 0.15) is 37.1 Å². The van der Waals surface area contributed by atoms with Crippen molar-refractivity contribution < 1.29 is 14.3 Å². The quantitative estimate of drug-likeness (QED) is 0.609. The van der Waals surface area contributed by atoms with Crippen LogP contribution in [0, 0.1) is 6.92 Å². The van der Waals surface area contributed by atoms with Gasteiger partial charge in [-0.1, -0.05) is 0 Å². The first-order valence-corrected chi connectivity index (χ1v) is 5.39. The number of H-pyrrole nitrogens is 1. The molecule has 6 nitrogen and oxygen atoms in total.